The van der Waals surface area contributed by atoms with Crippen LogP contribution in [0.3, 0.4) is 0 Å². The highest BCUT2D eigenvalue weighted by molar-refractivity contribution is 9.10. The lowest BCUT2D eigenvalue weighted by Crippen LogP contribution is -2.43. The van der Waals surface area contributed by atoms with E-state index in [1.54, 1.807) is 13.8 Å². The number of esters is 2. The Balaban J connectivity index is 3.25. The lowest BCUT2D eigenvalue weighted by atomic mass is 9.78. The fourth-order valence-electron chi connectivity index (χ4n) is 2.21. The van der Waals surface area contributed by atoms with Gasteiger partial charge in [-0.3, -0.25) is 9.59 Å². The van der Waals surface area contributed by atoms with E-state index >= 15 is 0 Å². The maximum absolute atomic E-state index is 12.5. The molecule has 0 aliphatic carbocycles. The van der Waals surface area contributed by atoms with Gasteiger partial charge in [-0.2, -0.15) is 0 Å². The summed E-state index contributed by atoms with van der Waals surface area (Å²) in [7, 11) is 0. The predicted molar refractivity (Wildman–Crippen MR) is 89.9 cm³/mol. The lowest BCUT2D eigenvalue weighted by Gasteiger charge is -2.28. The van der Waals surface area contributed by atoms with Gasteiger partial charge in [0.25, 0.3) is 0 Å². The molecule has 1 rings (SSSR count). The van der Waals surface area contributed by atoms with Gasteiger partial charge < -0.3 is 14.6 Å². The van der Waals surface area contributed by atoms with E-state index in [1.165, 1.54) is 6.08 Å². The Hall–Kier alpha value is -1.82. The van der Waals surface area contributed by atoms with Crippen molar-refractivity contribution in [1.82, 2.24) is 0 Å². The molecule has 126 valence electrons. The van der Waals surface area contributed by atoms with Crippen LogP contribution in [0.5, 0.6) is 0 Å². The maximum Gasteiger partial charge on any atom is 0.324 e. The van der Waals surface area contributed by atoms with Gasteiger partial charge in [0.05, 0.1) is 19.5 Å². The summed E-state index contributed by atoms with van der Waals surface area (Å²) in [5.41, 5.74) is -0.723. The van der Waals surface area contributed by atoms with Crippen molar-refractivity contribution in [2.75, 3.05) is 13.2 Å². The largest absolute Gasteiger partial charge is 0.516 e. The van der Waals surface area contributed by atoms with E-state index in [-0.39, 0.29) is 26.1 Å². The third-order valence-corrected chi connectivity index (χ3v) is 3.85. The SMILES string of the molecule is CCOC(=O)C(C/C=C\O)(Cc1ccc(Br)cc1)C(=O)OCC. The predicted octanol–water partition coefficient (Wildman–Crippen LogP) is 3.57. The van der Waals surface area contributed by atoms with Crippen molar-refractivity contribution >= 4 is 27.9 Å². The highest BCUT2D eigenvalue weighted by Gasteiger charge is 2.48. The van der Waals surface area contributed by atoms with E-state index in [0.29, 0.717) is 0 Å². The van der Waals surface area contributed by atoms with Gasteiger partial charge in [-0.15, -0.1) is 0 Å². The molecule has 6 heteroatoms. The number of carbonyl (C=O) groups is 2. The molecule has 0 fully saturated rings. The van der Waals surface area contributed by atoms with E-state index in [4.69, 9.17) is 14.6 Å². The smallest absolute Gasteiger partial charge is 0.324 e. The zero-order valence-electron chi connectivity index (χ0n) is 13.3. The second-order valence-electron chi connectivity index (χ2n) is 4.92. The average Bonchev–Trinajstić information content (AvgIpc) is 2.53. The van der Waals surface area contributed by atoms with E-state index in [2.05, 4.69) is 15.9 Å². The summed E-state index contributed by atoms with van der Waals surface area (Å²) >= 11 is 3.35. The molecule has 23 heavy (non-hydrogen) atoms. The van der Waals surface area contributed by atoms with E-state index < -0.39 is 17.4 Å². The van der Waals surface area contributed by atoms with Crippen LogP contribution >= 0.6 is 15.9 Å². The van der Waals surface area contributed by atoms with E-state index in [1.807, 2.05) is 24.3 Å². The Labute approximate surface area is 144 Å². The molecule has 0 aliphatic heterocycles. The second kappa shape index (κ2) is 9.35. The van der Waals surface area contributed by atoms with Crippen LogP contribution in [0, 0.1) is 5.41 Å². The molecule has 0 saturated heterocycles. The number of halogens is 1. The fourth-order valence-corrected chi connectivity index (χ4v) is 2.47. The minimum atomic E-state index is -1.51. The highest BCUT2D eigenvalue weighted by Crippen LogP contribution is 2.32. The molecule has 1 aromatic rings. The maximum atomic E-state index is 12.5. The van der Waals surface area contributed by atoms with Gasteiger partial charge in [0.15, 0.2) is 5.41 Å². The number of hydrogen-bond donors (Lipinski definition) is 1. The van der Waals surface area contributed by atoms with Gasteiger partial charge in [-0.25, -0.2) is 0 Å². The summed E-state index contributed by atoms with van der Waals surface area (Å²) in [5, 5.41) is 8.96. The summed E-state index contributed by atoms with van der Waals surface area (Å²) in [6.07, 6.45) is 2.29. The molecule has 0 radical (unpaired) electrons. The first kappa shape index (κ1) is 19.2. The summed E-state index contributed by atoms with van der Waals surface area (Å²) in [4.78, 5) is 25.0. The number of benzene rings is 1. The van der Waals surface area contributed by atoms with Gasteiger partial charge in [0.1, 0.15) is 0 Å². The molecule has 0 aliphatic rings. The van der Waals surface area contributed by atoms with Gasteiger partial charge in [-0.05, 0) is 50.5 Å². The van der Waals surface area contributed by atoms with Crippen LogP contribution in [0.25, 0.3) is 0 Å². The molecule has 0 saturated carbocycles. The van der Waals surface area contributed by atoms with Crippen molar-refractivity contribution in [1.29, 1.82) is 0 Å². The molecule has 0 bridgehead atoms. The van der Waals surface area contributed by atoms with Gasteiger partial charge >= 0.3 is 11.9 Å². The van der Waals surface area contributed by atoms with Gasteiger partial charge in [0, 0.05) is 4.47 Å². The van der Waals surface area contributed by atoms with Crippen LogP contribution in [-0.4, -0.2) is 30.3 Å². The van der Waals surface area contributed by atoms with Gasteiger partial charge in [-0.1, -0.05) is 28.1 Å². The van der Waals surface area contributed by atoms with Crippen molar-refractivity contribution in [3.05, 3.63) is 46.6 Å². The number of rotatable bonds is 8. The summed E-state index contributed by atoms with van der Waals surface area (Å²) in [6, 6.07) is 7.30. The summed E-state index contributed by atoms with van der Waals surface area (Å²) in [6.45, 7) is 3.66. The molecular formula is C17H21BrO5. The van der Waals surface area contributed by atoms with Crippen LogP contribution in [-0.2, 0) is 25.5 Å². The molecule has 1 aromatic carbocycles. The topological polar surface area (TPSA) is 72.8 Å². The first-order chi connectivity index (χ1) is 11.0. The number of hydrogen-bond acceptors (Lipinski definition) is 5. The summed E-state index contributed by atoms with van der Waals surface area (Å²) in [5.74, 6) is -1.31. The van der Waals surface area contributed by atoms with Crippen molar-refractivity contribution in [2.45, 2.75) is 26.7 Å². The Bertz CT molecular complexity index is 533. The van der Waals surface area contributed by atoms with Crippen molar-refractivity contribution < 1.29 is 24.2 Å². The average molecular weight is 385 g/mol. The van der Waals surface area contributed by atoms with Gasteiger partial charge in [0.2, 0.25) is 0 Å². The Morgan fingerprint density at radius 3 is 2.09 bits per heavy atom. The van der Waals surface area contributed by atoms with E-state index in [0.717, 1.165) is 16.3 Å². The van der Waals surface area contributed by atoms with Crippen LogP contribution in [0.2, 0.25) is 0 Å². The number of carbonyl (C=O) groups excluding carboxylic acids is 2. The zero-order valence-corrected chi connectivity index (χ0v) is 14.8. The minimum Gasteiger partial charge on any atom is -0.516 e. The standard InChI is InChI=1S/C17H21BrO5/c1-3-22-15(20)17(10-5-11-19,16(21)23-4-2)12-13-6-8-14(18)9-7-13/h5-9,11,19H,3-4,10,12H2,1-2H3/b11-5-. The quantitative estimate of drug-likeness (QED) is 0.421. The van der Waals surface area contributed by atoms with Crippen molar-refractivity contribution in [2.24, 2.45) is 5.41 Å². The Morgan fingerprint density at radius 2 is 1.65 bits per heavy atom. The molecule has 0 heterocycles. The van der Waals surface area contributed by atoms with Crippen LogP contribution < -0.4 is 0 Å². The number of allylic oxidation sites excluding steroid dienone is 1. The van der Waals surface area contributed by atoms with Crippen molar-refractivity contribution in [3.63, 3.8) is 0 Å². The fraction of sp³-hybridized carbons (Fsp3) is 0.412. The van der Waals surface area contributed by atoms with Crippen molar-refractivity contribution in [3.8, 4) is 0 Å². The molecule has 1 N–H and O–H groups in total. The van der Waals surface area contributed by atoms with Crippen LogP contribution in [0.4, 0.5) is 0 Å². The first-order valence-corrected chi connectivity index (χ1v) is 8.17. The van der Waals surface area contributed by atoms with Crippen LogP contribution in [0.1, 0.15) is 25.8 Å². The minimum absolute atomic E-state index is 0.00275. The monoisotopic (exact) mass is 384 g/mol. The number of aliphatic hydroxyl groups is 1. The third kappa shape index (κ3) is 5.10. The molecule has 5 nitrogen and oxygen atoms in total. The third-order valence-electron chi connectivity index (χ3n) is 3.32. The number of ether oxygens (including phenoxy) is 2. The number of aliphatic hydroxyl groups excluding tert-OH is 1. The second-order valence-corrected chi connectivity index (χ2v) is 5.83. The molecule has 0 aromatic heterocycles. The molecule has 0 amide bonds. The lowest BCUT2D eigenvalue weighted by molar-refractivity contribution is -0.171. The van der Waals surface area contributed by atoms with E-state index in [9.17, 15) is 9.59 Å². The first-order valence-electron chi connectivity index (χ1n) is 7.38. The van der Waals surface area contributed by atoms with Crippen LogP contribution in [0.15, 0.2) is 41.1 Å². The summed E-state index contributed by atoms with van der Waals surface area (Å²) < 4.78 is 11.1. The Morgan fingerprint density at radius 1 is 1.13 bits per heavy atom. The molecule has 0 unspecified atom stereocenters. The normalized spacial score (nSPS) is 11.4. The molecule has 0 atom stereocenters. The molecular weight excluding hydrogens is 364 g/mol. The highest BCUT2D eigenvalue weighted by atomic mass is 79.9. The molecule has 0 spiro atoms. The Kier molecular flexibility index (Phi) is 7.81. The zero-order chi connectivity index (χ0) is 17.3.